The maximum atomic E-state index is 14.8. The third-order valence-corrected chi connectivity index (χ3v) is 11.5. The summed E-state index contributed by atoms with van der Waals surface area (Å²) in [6.07, 6.45) is 0. The zero-order valence-corrected chi connectivity index (χ0v) is 30.5. The number of carbonyl (C=O) groups is 3. The van der Waals surface area contributed by atoms with Gasteiger partial charge in [0.15, 0.2) is 0 Å². The van der Waals surface area contributed by atoms with Gasteiger partial charge >= 0.3 is 0 Å². The van der Waals surface area contributed by atoms with E-state index in [9.17, 15) is 14.4 Å². The summed E-state index contributed by atoms with van der Waals surface area (Å²) in [6, 6.07) is 14.1. The van der Waals surface area contributed by atoms with Crippen LogP contribution in [0, 0.1) is 23.7 Å². The summed E-state index contributed by atoms with van der Waals surface area (Å²) in [4.78, 5) is 53.8. The van der Waals surface area contributed by atoms with Crippen LogP contribution in [0.2, 0.25) is 0 Å². The molecule has 5 aromatic rings. The Morgan fingerprint density at radius 3 is 1.74 bits per heavy atom. The smallest absolute Gasteiger partial charge is 0.278 e. The number of amides is 3. The molecule has 1 fully saturated rings. The minimum absolute atomic E-state index is 0.0842. The van der Waals surface area contributed by atoms with Crippen LogP contribution in [0.25, 0.3) is 43.1 Å². The third-order valence-electron chi connectivity index (χ3n) is 11.5. The molecule has 260 valence electrons. The number of nitrogens with zero attached hydrogens (tertiary/aromatic N) is 3. The lowest BCUT2D eigenvalue weighted by Gasteiger charge is -2.38. The number of nitrogens with one attached hydrogen (secondary N) is 1. The highest BCUT2D eigenvalue weighted by Gasteiger charge is 2.41. The summed E-state index contributed by atoms with van der Waals surface area (Å²) in [5.74, 6) is 0.111. The van der Waals surface area contributed by atoms with Crippen LogP contribution >= 0.6 is 0 Å². The summed E-state index contributed by atoms with van der Waals surface area (Å²) in [7, 11) is 0. The van der Waals surface area contributed by atoms with Crippen LogP contribution in [0.5, 0.6) is 0 Å². The number of hydrogen-bond donors (Lipinski definition) is 1. The zero-order valence-electron chi connectivity index (χ0n) is 30.5. The molecule has 8 heteroatoms. The van der Waals surface area contributed by atoms with Crippen molar-refractivity contribution in [2.45, 2.75) is 74.1 Å². The van der Waals surface area contributed by atoms with E-state index in [0.29, 0.717) is 23.3 Å². The van der Waals surface area contributed by atoms with Gasteiger partial charge in [0.25, 0.3) is 17.7 Å². The van der Waals surface area contributed by atoms with E-state index in [4.69, 9.17) is 4.84 Å². The van der Waals surface area contributed by atoms with Gasteiger partial charge in [0, 0.05) is 70.6 Å². The number of imide groups is 1. The highest BCUT2D eigenvalue weighted by atomic mass is 16.7. The molecule has 0 spiro atoms. The van der Waals surface area contributed by atoms with Gasteiger partial charge in [-0.05, 0) is 69.0 Å². The molecule has 1 N–H and O–H groups in total. The van der Waals surface area contributed by atoms with Gasteiger partial charge in [-0.15, -0.1) is 0 Å². The number of rotatable bonds is 7. The van der Waals surface area contributed by atoms with Gasteiger partial charge in [-0.1, -0.05) is 79.7 Å². The predicted molar refractivity (Wildman–Crippen MR) is 201 cm³/mol. The van der Waals surface area contributed by atoms with Crippen molar-refractivity contribution in [2.24, 2.45) is 23.7 Å². The van der Waals surface area contributed by atoms with Crippen molar-refractivity contribution in [3.8, 4) is 0 Å². The number of benzene rings is 5. The molecule has 0 aliphatic carbocycles. The fraction of sp³-hybridized carbons (Fsp3) is 0.452. The van der Waals surface area contributed by atoms with E-state index in [1.54, 1.807) is 5.06 Å². The highest BCUT2D eigenvalue weighted by molar-refractivity contribution is 6.41. The van der Waals surface area contributed by atoms with Crippen LogP contribution in [0.3, 0.4) is 0 Å². The summed E-state index contributed by atoms with van der Waals surface area (Å²) in [5.41, 5.74) is 3.82. The summed E-state index contributed by atoms with van der Waals surface area (Å²) in [5, 5.41) is 12.9. The van der Waals surface area contributed by atoms with E-state index in [-0.39, 0.29) is 53.5 Å². The first-order valence-corrected chi connectivity index (χ1v) is 18.4. The lowest BCUT2D eigenvalue weighted by Crippen LogP contribution is -2.51. The molecule has 0 atom stereocenters. The van der Waals surface area contributed by atoms with E-state index in [2.05, 4.69) is 95.9 Å². The number of carbonyl (C=O) groups excluding carboxylic acids is 3. The number of hydroxylamine groups is 2. The molecule has 3 heterocycles. The first kappa shape index (κ1) is 32.9. The van der Waals surface area contributed by atoms with Crippen molar-refractivity contribution in [3.05, 3.63) is 64.7 Å². The van der Waals surface area contributed by atoms with Gasteiger partial charge in [-0.3, -0.25) is 24.1 Å². The van der Waals surface area contributed by atoms with Crippen LogP contribution in [0.15, 0.2) is 42.5 Å². The number of fused-ring (bicyclic) bond motifs is 2. The Morgan fingerprint density at radius 1 is 0.580 bits per heavy atom. The predicted octanol–water partition coefficient (Wildman–Crippen LogP) is 7.99. The lowest BCUT2D eigenvalue weighted by atomic mass is 9.81. The fourth-order valence-corrected chi connectivity index (χ4v) is 9.69. The molecule has 0 aromatic heterocycles. The van der Waals surface area contributed by atoms with Gasteiger partial charge in [0.05, 0.1) is 11.6 Å². The average Bonchev–Trinajstić information content (AvgIpc) is 3.22. The first-order chi connectivity index (χ1) is 23.9. The van der Waals surface area contributed by atoms with Crippen LogP contribution in [0.1, 0.15) is 92.0 Å². The third kappa shape index (κ3) is 4.60. The van der Waals surface area contributed by atoms with Gasteiger partial charge in [-0.2, -0.15) is 0 Å². The summed E-state index contributed by atoms with van der Waals surface area (Å²) < 4.78 is 0. The minimum atomic E-state index is -0.221. The SMILES string of the molecule is CC(C)C(C(C)C)N1OCc2ccc3c4ccc5c6c(ccc(c7c(N8CCNCC8)cc(c2c37)C1=O)c64)C(=O)N(C(C(C)C)C(C)C)C5=O. The highest BCUT2D eigenvalue weighted by Crippen LogP contribution is 2.49. The zero-order chi connectivity index (χ0) is 35.3. The Balaban J connectivity index is 1.47. The molecular weight excluding hydrogens is 624 g/mol. The molecule has 3 aliphatic rings. The molecule has 0 bridgehead atoms. The van der Waals surface area contributed by atoms with Crippen molar-refractivity contribution in [1.82, 2.24) is 15.3 Å². The Labute approximate surface area is 294 Å². The Kier molecular flexibility index (Phi) is 7.84. The van der Waals surface area contributed by atoms with Crippen molar-refractivity contribution < 1.29 is 19.2 Å². The Bertz CT molecular complexity index is 2180. The van der Waals surface area contributed by atoms with E-state index >= 15 is 0 Å². The maximum Gasteiger partial charge on any atom is 0.278 e. The number of piperazine rings is 1. The fourth-order valence-electron chi connectivity index (χ4n) is 9.69. The topological polar surface area (TPSA) is 82.2 Å². The van der Waals surface area contributed by atoms with Gasteiger partial charge in [-0.25, -0.2) is 5.06 Å². The molecule has 3 aliphatic heterocycles. The van der Waals surface area contributed by atoms with E-state index in [0.717, 1.165) is 80.5 Å². The minimum Gasteiger partial charge on any atom is -0.368 e. The average molecular weight is 673 g/mol. The molecule has 0 radical (unpaired) electrons. The van der Waals surface area contributed by atoms with Gasteiger partial charge < -0.3 is 10.2 Å². The van der Waals surface area contributed by atoms with E-state index in [1.165, 1.54) is 4.90 Å². The van der Waals surface area contributed by atoms with Crippen LogP contribution in [-0.4, -0.2) is 65.9 Å². The first-order valence-electron chi connectivity index (χ1n) is 18.4. The largest absolute Gasteiger partial charge is 0.368 e. The summed E-state index contributed by atoms with van der Waals surface area (Å²) in [6.45, 7) is 20.5. The molecule has 50 heavy (non-hydrogen) atoms. The molecule has 0 unspecified atom stereocenters. The molecule has 8 rings (SSSR count). The van der Waals surface area contributed by atoms with Gasteiger partial charge in [0.2, 0.25) is 0 Å². The molecule has 1 saturated heterocycles. The molecular formula is C42H48N4O4. The quantitative estimate of drug-likeness (QED) is 0.107. The molecule has 3 amide bonds. The van der Waals surface area contributed by atoms with Crippen molar-refractivity contribution in [3.63, 3.8) is 0 Å². The second-order valence-corrected chi connectivity index (χ2v) is 16.0. The number of hydrogen-bond acceptors (Lipinski definition) is 6. The summed E-state index contributed by atoms with van der Waals surface area (Å²) >= 11 is 0. The molecule has 8 nitrogen and oxygen atoms in total. The van der Waals surface area contributed by atoms with Crippen LogP contribution < -0.4 is 10.2 Å². The second kappa shape index (κ2) is 11.9. The van der Waals surface area contributed by atoms with E-state index < -0.39 is 0 Å². The standard InChI is InChI=1S/C42H48N4O4/c1-21(2)38(22(3)4)45-40(47)29-13-11-26-27-10-9-25-20-50-46(39(23(5)6)24(7)8)42(49)31-19-32(44-17-15-43-16-18-44)36(37(27)33(25)31)28-12-14-30(41(45)48)35(29)34(26)28/h9-14,19,21-24,38-39,43H,15-18,20H2,1-8H3. The Hall–Kier alpha value is -4.27. The van der Waals surface area contributed by atoms with Crippen molar-refractivity contribution >= 4 is 66.5 Å². The Morgan fingerprint density at radius 2 is 1.14 bits per heavy atom. The molecule has 5 aromatic carbocycles. The maximum absolute atomic E-state index is 14.8. The second-order valence-electron chi connectivity index (χ2n) is 16.0. The van der Waals surface area contributed by atoms with Crippen LogP contribution in [0.4, 0.5) is 5.69 Å². The van der Waals surface area contributed by atoms with Crippen molar-refractivity contribution in [1.29, 1.82) is 0 Å². The number of anilines is 1. The lowest BCUT2D eigenvalue weighted by molar-refractivity contribution is -0.174. The van der Waals surface area contributed by atoms with Gasteiger partial charge in [0.1, 0.15) is 6.61 Å². The monoisotopic (exact) mass is 672 g/mol. The van der Waals surface area contributed by atoms with Crippen LogP contribution in [-0.2, 0) is 11.4 Å². The normalized spacial score (nSPS) is 17.3. The molecule has 0 saturated carbocycles. The van der Waals surface area contributed by atoms with Crippen molar-refractivity contribution in [2.75, 3.05) is 31.1 Å². The van der Waals surface area contributed by atoms with E-state index in [1.807, 2.05) is 12.1 Å².